The Morgan fingerprint density at radius 3 is 3.09 bits per heavy atom. The molecular formula is C7H6IN3. The third kappa shape index (κ3) is 0.973. The highest BCUT2D eigenvalue weighted by Crippen LogP contribution is 2.22. The molecule has 0 fully saturated rings. The molecule has 0 radical (unpaired) electrons. The third-order valence-corrected chi connectivity index (χ3v) is 2.45. The molecule has 2 aromatic heterocycles. The maximum absolute atomic E-state index is 5.80. The predicted octanol–water partition coefficient (Wildman–Crippen LogP) is 1.75. The summed E-state index contributed by atoms with van der Waals surface area (Å²) < 4.78 is 0.995. The first-order valence-corrected chi connectivity index (χ1v) is 4.23. The van der Waals surface area contributed by atoms with Gasteiger partial charge < -0.3 is 10.7 Å². The number of nitrogens with zero attached hydrogens (tertiary/aromatic N) is 1. The quantitative estimate of drug-likeness (QED) is 0.708. The predicted molar refractivity (Wildman–Crippen MR) is 53.2 cm³/mol. The fraction of sp³-hybridized carbons (Fsp3) is 0. The van der Waals surface area contributed by atoms with Crippen molar-refractivity contribution in [3.8, 4) is 0 Å². The molecule has 0 aromatic carbocycles. The van der Waals surface area contributed by atoms with Gasteiger partial charge in [0.25, 0.3) is 0 Å². The van der Waals surface area contributed by atoms with Crippen molar-refractivity contribution in [2.45, 2.75) is 0 Å². The van der Waals surface area contributed by atoms with Crippen molar-refractivity contribution in [2.75, 3.05) is 5.73 Å². The lowest BCUT2D eigenvalue weighted by Gasteiger charge is -1.96. The molecule has 0 aliphatic carbocycles. The van der Waals surface area contributed by atoms with E-state index in [0.29, 0.717) is 0 Å². The van der Waals surface area contributed by atoms with Crippen LogP contribution in [0.25, 0.3) is 10.9 Å². The summed E-state index contributed by atoms with van der Waals surface area (Å²) in [7, 11) is 0. The number of halogens is 1. The van der Waals surface area contributed by atoms with E-state index in [9.17, 15) is 0 Å². The summed E-state index contributed by atoms with van der Waals surface area (Å²) in [6.07, 6.45) is 5.47. The lowest BCUT2D eigenvalue weighted by atomic mass is 10.3. The van der Waals surface area contributed by atoms with E-state index in [1.54, 1.807) is 6.20 Å². The molecule has 11 heavy (non-hydrogen) atoms. The second kappa shape index (κ2) is 2.37. The average Bonchev–Trinajstić information content (AvgIpc) is 2.45. The van der Waals surface area contributed by atoms with Gasteiger partial charge in [-0.2, -0.15) is 0 Å². The molecule has 0 saturated carbocycles. The molecule has 2 rings (SSSR count). The maximum atomic E-state index is 5.80. The van der Waals surface area contributed by atoms with E-state index in [1.807, 2.05) is 12.4 Å². The minimum Gasteiger partial charge on any atom is -0.397 e. The number of aromatic amines is 1. The molecule has 3 nitrogen and oxygen atoms in total. The molecule has 2 heterocycles. The Labute approximate surface area is 77.1 Å². The highest BCUT2D eigenvalue weighted by molar-refractivity contribution is 14.1. The van der Waals surface area contributed by atoms with E-state index in [0.717, 1.165) is 20.2 Å². The van der Waals surface area contributed by atoms with E-state index < -0.39 is 0 Å². The van der Waals surface area contributed by atoms with Crippen LogP contribution < -0.4 is 5.73 Å². The van der Waals surface area contributed by atoms with Crippen LogP contribution in [-0.2, 0) is 0 Å². The summed E-state index contributed by atoms with van der Waals surface area (Å²) in [5, 5.41) is 0.997. The van der Waals surface area contributed by atoms with Gasteiger partial charge in [0.1, 0.15) is 0 Å². The Kier molecular flexibility index (Phi) is 1.49. The first-order chi connectivity index (χ1) is 5.29. The Hall–Kier alpha value is -0.780. The molecule has 56 valence electrons. The second-order valence-corrected chi connectivity index (χ2v) is 3.44. The van der Waals surface area contributed by atoms with Crippen molar-refractivity contribution in [2.24, 2.45) is 0 Å². The number of nitrogens with one attached hydrogen (secondary N) is 1. The van der Waals surface area contributed by atoms with Crippen LogP contribution >= 0.6 is 22.6 Å². The smallest absolute Gasteiger partial charge is 0.0897 e. The van der Waals surface area contributed by atoms with Gasteiger partial charge in [0, 0.05) is 24.0 Å². The maximum Gasteiger partial charge on any atom is 0.0897 e. The van der Waals surface area contributed by atoms with Crippen molar-refractivity contribution in [3.63, 3.8) is 0 Å². The number of fused-ring (bicyclic) bond motifs is 1. The number of anilines is 1. The van der Waals surface area contributed by atoms with Gasteiger partial charge in [0.2, 0.25) is 0 Å². The Balaban J connectivity index is 2.93. The minimum atomic E-state index is 0.803. The minimum absolute atomic E-state index is 0.803. The molecule has 0 bridgehead atoms. The monoisotopic (exact) mass is 259 g/mol. The van der Waals surface area contributed by atoms with Crippen molar-refractivity contribution < 1.29 is 0 Å². The van der Waals surface area contributed by atoms with Gasteiger partial charge in [0.05, 0.1) is 14.8 Å². The molecule has 2 aromatic rings. The topological polar surface area (TPSA) is 54.7 Å². The fourth-order valence-corrected chi connectivity index (χ4v) is 1.43. The van der Waals surface area contributed by atoms with Crippen LogP contribution in [0.1, 0.15) is 0 Å². The number of hydrogen-bond donors (Lipinski definition) is 2. The van der Waals surface area contributed by atoms with Crippen LogP contribution in [0.5, 0.6) is 0 Å². The number of H-pyrrole nitrogens is 1. The van der Waals surface area contributed by atoms with E-state index in [-0.39, 0.29) is 0 Å². The highest BCUT2D eigenvalue weighted by atomic mass is 127. The summed E-state index contributed by atoms with van der Waals surface area (Å²) in [6, 6.07) is 0. The summed E-state index contributed by atoms with van der Waals surface area (Å²) in [5.74, 6) is 0. The molecule has 0 saturated heterocycles. The molecule has 3 N–H and O–H groups in total. The molecule has 0 atom stereocenters. The molecule has 0 unspecified atom stereocenters. The van der Waals surface area contributed by atoms with E-state index in [2.05, 4.69) is 32.6 Å². The third-order valence-electron chi connectivity index (χ3n) is 1.59. The summed E-state index contributed by atoms with van der Waals surface area (Å²) in [5.41, 5.74) is 7.52. The number of hydrogen-bond acceptors (Lipinski definition) is 2. The first kappa shape index (κ1) is 6.90. The molecule has 0 spiro atoms. The van der Waals surface area contributed by atoms with Gasteiger partial charge in [-0.3, -0.25) is 4.98 Å². The number of rotatable bonds is 0. The van der Waals surface area contributed by atoms with Crippen molar-refractivity contribution in [1.82, 2.24) is 9.97 Å². The Bertz CT molecular complexity index is 393. The second-order valence-electron chi connectivity index (χ2n) is 2.27. The Morgan fingerprint density at radius 1 is 1.45 bits per heavy atom. The normalized spacial score (nSPS) is 10.6. The van der Waals surface area contributed by atoms with Gasteiger partial charge in [0.15, 0.2) is 0 Å². The van der Waals surface area contributed by atoms with Gasteiger partial charge >= 0.3 is 0 Å². The number of pyridine rings is 1. The van der Waals surface area contributed by atoms with Crippen LogP contribution in [0.15, 0.2) is 18.6 Å². The Morgan fingerprint density at radius 2 is 2.27 bits per heavy atom. The molecule has 0 aliphatic rings. The molecular weight excluding hydrogens is 253 g/mol. The molecule has 0 amide bonds. The van der Waals surface area contributed by atoms with E-state index in [4.69, 9.17) is 5.73 Å². The lowest BCUT2D eigenvalue weighted by molar-refractivity contribution is 1.38. The van der Waals surface area contributed by atoms with Gasteiger partial charge in [-0.25, -0.2) is 0 Å². The standard InChI is InChI=1S/C7H6IN3/c8-5-2-11-6-3-10-1-4(6)7(5)9/h1-3,10H,9H2. The van der Waals surface area contributed by atoms with Crippen molar-refractivity contribution in [1.29, 1.82) is 0 Å². The van der Waals surface area contributed by atoms with E-state index in [1.165, 1.54) is 0 Å². The SMILES string of the molecule is Nc1c(I)cnc2c[nH]cc12. The average molecular weight is 259 g/mol. The zero-order valence-corrected chi connectivity index (χ0v) is 7.79. The van der Waals surface area contributed by atoms with Crippen LogP contribution in [-0.4, -0.2) is 9.97 Å². The summed E-state index contributed by atoms with van der Waals surface area (Å²) in [4.78, 5) is 7.14. The fourth-order valence-electron chi connectivity index (χ4n) is 1.00. The van der Waals surface area contributed by atoms with Gasteiger partial charge in [-0.1, -0.05) is 0 Å². The molecule has 0 aliphatic heterocycles. The van der Waals surface area contributed by atoms with Crippen LogP contribution in [0, 0.1) is 3.57 Å². The van der Waals surface area contributed by atoms with Crippen molar-refractivity contribution >= 4 is 39.2 Å². The van der Waals surface area contributed by atoms with Crippen molar-refractivity contribution in [3.05, 3.63) is 22.2 Å². The number of nitrogen functional groups attached to an aromatic ring is 1. The highest BCUT2D eigenvalue weighted by Gasteiger charge is 2.02. The van der Waals surface area contributed by atoms with Gasteiger partial charge in [-0.05, 0) is 22.6 Å². The number of aromatic nitrogens is 2. The lowest BCUT2D eigenvalue weighted by Crippen LogP contribution is -1.90. The van der Waals surface area contributed by atoms with Crippen LogP contribution in [0.2, 0.25) is 0 Å². The zero-order valence-electron chi connectivity index (χ0n) is 5.63. The van der Waals surface area contributed by atoms with Crippen LogP contribution in [0.4, 0.5) is 5.69 Å². The van der Waals surface area contributed by atoms with E-state index >= 15 is 0 Å². The van der Waals surface area contributed by atoms with Gasteiger partial charge in [-0.15, -0.1) is 0 Å². The first-order valence-electron chi connectivity index (χ1n) is 3.15. The summed E-state index contributed by atoms with van der Waals surface area (Å²) >= 11 is 2.17. The van der Waals surface area contributed by atoms with Crippen LogP contribution in [0.3, 0.4) is 0 Å². The zero-order chi connectivity index (χ0) is 7.84. The molecule has 4 heteroatoms. The summed E-state index contributed by atoms with van der Waals surface area (Å²) in [6.45, 7) is 0. The number of nitrogens with two attached hydrogens (primary N) is 1. The largest absolute Gasteiger partial charge is 0.397 e.